The topological polar surface area (TPSA) is 35.5 Å². The van der Waals surface area contributed by atoms with Gasteiger partial charge in [0.05, 0.1) is 0 Å². The molecule has 0 atom stereocenters. The lowest BCUT2D eigenvalue weighted by Crippen LogP contribution is -2.63. The maximum atomic E-state index is 13.1. The third-order valence-electron chi connectivity index (χ3n) is 6.41. The van der Waals surface area contributed by atoms with Crippen LogP contribution in [-0.4, -0.2) is 60.2 Å². The molecule has 1 aliphatic carbocycles. The van der Waals surface area contributed by atoms with Crippen molar-refractivity contribution >= 4 is 11.5 Å². The first-order chi connectivity index (χ1) is 13.3. The summed E-state index contributed by atoms with van der Waals surface area (Å²) in [6, 6.07) is 9.67. The van der Waals surface area contributed by atoms with E-state index in [4.69, 9.17) is 0 Å². The van der Waals surface area contributed by atoms with Gasteiger partial charge < -0.3 is 9.80 Å². The lowest BCUT2D eigenvalue weighted by atomic mass is 9.83. The molecule has 0 bridgehead atoms. The predicted molar refractivity (Wildman–Crippen MR) is 105 cm³/mol. The highest BCUT2D eigenvalue weighted by molar-refractivity contribution is 5.47. The first-order valence-electron chi connectivity index (χ1n) is 10.1. The summed E-state index contributed by atoms with van der Waals surface area (Å²) in [6.07, 6.45) is 5.62. The molecule has 3 fully saturated rings. The van der Waals surface area contributed by atoms with Crippen molar-refractivity contribution in [2.75, 3.05) is 49.1 Å². The summed E-state index contributed by atoms with van der Waals surface area (Å²) in [5.41, 5.74) is 2.35. The maximum absolute atomic E-state index is 13.1. The van der Waals surface area contributed by atoms with Crippen molar-refractivity contribution in [2.24, 2.45) is 0 Å². The molecule has 27 heavy (non-hydrogen) atoms. The fourth-order valence-corrected chi connectivity index (χ4v) is 4.33. The minimum Gasteiger partial charge on any atom is -0.369 e. The van der Waals surface area contributed by atoms with Crippen LogP contribution in [0.3, 0.4) is 0 Å². The van der Waals surface area contributed by atoms with E-state index in [0.717, 1.165) is 50.8 Å². The molecule has 1 saturated carbocycles. The van der Waals surface area contributed by atoms with Gasteiger partial charge in [0.15, 0.2) is 0 Å². The van der Waals surface area contributed by atoms with Gasteiger partial charge in [0.25, 0.3) is 0 Å². The molecule has 6 heteroatoms. The van der Waals surface area contributed by atoms with Crippen LogP contribution in [0.5, 0.6) is 0 Å². The summed E-state index contributed by atoms with van der Waals surface area (Å²) in [5, 5.41) is 0. The summed E-state index contributed by atoms with van der Waals surface area (Å²) in [6.45, 7) is 6.23. The van der Waals surface area contributed by atoms with E-state index in [9.17, 15) is 4.39 Å². The Morgan fingerprint density at radius 1 is 0.889 bits per heavy atom. The van der Waals surface area contributed by atoms with E-state index in [0.29, 0.717) is 12.0 Å². The van der Waals surface area contributed by atoms with Crippen molar-refractivity contribution in [1.29, 1.82) is 0 Å². The number of piperazine rings is 1. The smallest absolute Gasteiger partial charge is 0.132 e. The van der Waals surface area contributed by atoms with E-state index in [2.05, 4.69) is 30.7 Å². The average Bonchev–Trinajstić information content (AvgIpc) is 2.61. The predicted octanol–water partition coefficient (Wildman–Crippen LogP) is 2.89. The van der Waals surface area contributed by atoms with Crippen LogP contribution in [0.4, 0.5) is 15.9 Å². The lowest BCUT2D eigenvalue weighted by Gasteiger charge is -2.49. The van der Waals surface area contributed by atoms with Gasteiger partial charge in [-0.15, -0.1) is 0 Å². The second-order valence-corrected chi connectivity index (χ2v) is 7.99. The zero-order valence-corrected chi connectivity index (χ0v) is 15.6. The van der Waals surface area contributed by atoms with Gasteiger partial charge in [-0.25, -0.2) is 14.4 Å². The van der Waals surface area contributed by atoms with Gasteiger partial charge >= 0.3 is 0 Å². The van der Waals surface area contributed by atoms with E-state index in [-0.39, 0.29) is 5.82 Å². The van der Waals surface area contributed by atoms with Crippen LogP contribution >= 0.6 is 0 Å². The highest BCUT2D eigenvalue weighted by Crippen LogP contribution is 2.36. The molecule has 3 heterocycles. The number of aromatic nitrogens is 2. The largest absolute Gasteiger partial charge is 0.369 e. The number of rotatable bonds is 4. The van der Waals surface area contributed by atoms with Crippen molar-refractivity contribution < 1.29 is 4.39 Å². The third-order valence-corrected chi connectivity index (χ3v) is 6.41. The van der Waals surface area contributed by atoms with E-state index in [1.54, 1.807) is 18.5 Å². The van der Waals surface area contributed by atoms with Gasteiger partial charge in [-0.1, -0.05) is 6.42 Å². The molecular formula is C21H26FN5. The van der Waals surface area contributed by atoms with Gasteiger partial charge in [-0.2, -0.15) is 0 Å². The fourth-order valence-electron chi connectivity index (χ4n) is 4.33. The Morgan fingerprint density at radius 3 is 2.30 bits per heavy atom. The highest BCUT2D eigenvalue weighted by Gasteiger charge is 2.34. The molecule has 1 aromatic heterocycles. The second-order valence-electron chi connectivity index (χ2n) is 7.99. The Kier molecular flexibility index (Phi) is 4.44. The Hall–Kier alpha value is -2.21. The number of anilines is 2. The van der Waals surface area contributed by atoms with E-state index in [1.165, 1.54) is 25.0 Å². The summed E-state index contributed by atoms with van der Waals surface area (Å²) < 4.78 is 13.1. The minimum atomic E-state index is -0.169. The van der Waals surface area contributed by atoms with Crippen molar-refractivity contribution in [3.8, 4) is 0 Å². The lowest BCUT2D eigenvalue weighted by molar-refractivity contribution is 0.156. The van der Waals surface area contributed by atoms with E-state index in [1.807, 2.05) is 12.1 Å². The first-order valence-corrected chi connectivity index (χ1v) is 10.1. The summed E-state index contributed by atoms with van der Waals surface area (Å²) in [7, 11) is 0. The van der Waals surface area contributed by atoms with Crippen LogP contribution in [0.1, 0.15) is 30.9 Å². The standard InChI is InChI=1S/C21H26FN5/c22-17-4-6-18(7-5-17)25-8-10-26(11-9-25)19-13-27(14-19)21-12-20(23-15-24-21)16-2-1-3-16/h4-7,12,15-16,19H,1-3,8-11,13-14H2. The zero-order valence-electron chi connectivity index (χ0n) is 15.6. The fraction of sp³-hybridized carbons (Fsp3) is 0.524. The zero-order chi connectivity index (χ0) is 18.2. The SMILES string of the molecule is Fc1ccc(N2CCN(C3CN(c4cc(C5CCC5)ncn4)C3)CC2)cc1. The maximum Gasteiger partial charge on any atom is 0.132 e. The van der Waals surface area contributed by atoms with Crippen molar-refractivity contribution in [1.82, 2.24) is 14.9 Å². The Labute approximate surface area is 159 Å². The van der Waals surface area contributed by atoms with Crippen LogP contribution in [0, 0.1) is 5.82 Å². The van der Waals surface area contributed by atoms with E-state index < -0.39 is 0 Å². The van der Waals surface area contributed by atoms with Crippen LogP contribution in [0.25, 0.3) is 0 Å². The monoisotopic (exact) mass is 367 g/mol. The number of nitrogens with zero attached hydrogens (tertiary/aromatic N) is 5. The highest BCUT2D eigenvalue weighted by atomic mass is 19.1. The molecule has 2 aliphatic heterocycles. The van der Waals surface area contributed by atoms with Crippen molar-refractivity contribution in [2.45, 2.75) is 31.2 Å². The number of hydrogen-bond donors (Lipinski definition) is 0. The molecule has 0 N–H and O–H groups in total. The Balaban J connectivity index is 1.14. The second kappa shape index (κ2) is 7.08. The van der Waals surface area contributed by atoms with Gasteiger partial charge in [0.1, 0.15) is 18.0 Å². The van der Waals surface area contributed by atoms with Gasteiger partial charge in [0, 0.05) is 68.7 Å². The number of benzene rings is 1. The molecule has 2 saturated heterocycles. The minimum absolute atomic E-state index is 0.169. The molecule has 0 amide bonds. The van der Waals surface area contributed by atoms with Crippen LogP contribution in [-0.2, 0) is 0 Å². The van der Waals surface area contributed by atoms with Crippen LogP contribution in [0.15, 0.2) is 36.7 Å². The van der Waals surface area contributed by atoms with Crippen LogP contribution in [0.2, 0.25) is 0 Å². The molecule has 3 aliphatic rings. The third kappa shape index (κ3) is 3.38. The molecule has 0 spiro atoms. The summed E-state index contributed by atoms with van der Waals surface area (Å²) >= 11 is 0. The molecule has 1 aromatic carbocycles. The van der Waals surface area contributed by atoms with E-state index >= 15 is 0 Å². The van der Waals surface area contributed by atoms with Crippen molar-refractivity contribution in [3.63, 3.8) is 0 Å². The molecule has 5 rings (SSSR count). The molecule has 5 nitrogen and oxygen atoms in total. The molecule has 0 unspecified atom stereocenters. The normalized spacial score (nSPS) is 21.8. The molecule has 0 radical (unpaired) electrons. The summed E-state index contributed by atoms with van der Waals surface area (Å²) in [4.78, 5) is 16.3. The van der Waals surface area contributed by atoms with Gasteiger partial charge in [0.2, 0.25) is 0 Å². The Morgan fingerprint density at radius 2 is 1.63 bits per heavy atom. The van der Waals surface area contributed by atoms with Crippen molar-refractivity contribution in [3.05, 3.63) is 48.2 Å². The number of hydrogen-bond acceptors (Lipinski definition) is 5. The van der Waals surface area contributed by atoms with Crippen LogP contribution < -0.4 is 9.80 Å². The molecule has 142 valence electrons. The van der Waals surface area contributed by atoms with Gasteiger partial charge in [-0.05, 0) is 37.1 Å². The summed E-state index contributed by atoms with van der Waals surface area (Å²) in [5.74, 6) is 1.58. The molecular weight excluding hydrogens is 341 g/mol. The Bertz CT molecular complexity index is 777. The first kappa shape index (κ1) is 16.9. The molecule has 2 aromatic rings. The quantitative estimate of drug-likeness (QED) is 0.830. The number of halogens is 1. The average molecular weight is 367 g/mol. The van der Waals surface area contributed by atoms with Gasteiger partial charge in [-0.3, -0.25) is 4.90 Å².